The molecule has 29 heavy (non-hydrogen) atoms. The summed E-state index contributed by atoms with van der Waals surface area (Å²) in [5.74, 6) is 1.18. The number of piperidine rings is 1. The number of nitrogens with one attached hydrogen (secondary N) is 1. The van der Waals surface area contributed by atoms with Gasteiger partial charge in [0.05, 0.1) is 6.20 Å². The maximum Gasteiger partial charge on any atom is 0.246 e. The summed E-state index contributed by atoms with van der Waals surface area (Å²) in [7, 11) is 1.86. The molecule has 9 heteroatoms. The third-order valence-electron chi connectivity index (χ3n) is 4.86. The van der Waals surface area contributed by atoms with E-state index in [1.165, 1.54) is 11.3 Å². The maximum atomic E-state index is 12.6. The lowest BCUT2D eigenvalue weighted by Gasteiger charge is -2.32. The lowest BCUT2D eigenvalue weighted by atomic mass is 9.93. The average Bonchev–Trinajstić information content (AvgIpc) is 3.38. The Kier molecular flexibility index (Phi) is 5.95. The molecule has 0 aromatic carbocycles. The fourth-order valence-corrected chi connectivity index (χ4v) is 4.03. The molecule has 1 saturated heterocycles. The van der Waals surface area contributed by atoms with Crippen molar-refractivity contribution in [2.45, 2.75) is 19.3 Å². The van der Waals surface area contributed by atoms with Crippen molar-refractivity contribution in [3.05, 3.63) is 53.7 Å². The smallest absolute Gasteiger partial charge is 0.246 e. The van der Waals surface area contributed by atoms with Gasteiger partial charge in [0, 0.05) is 61.3 Å². The third-order valence-corrected chi connectivity index (χ3v) is 5.55. The Hall–Kier alpha value is -3.07. The van der Waals surface area contributed by atoms with Gasteiger partial charge >= 0.3 is 0 Å². The van der Waals surface area contributed by atoms with Crippen molar-refractivity contribution < 1.29 is 4.79 Å². The van der Waals surface area contributed by atoms with Crippen molar-refractivity contribution in [1.29, 1.82) is 0 Å². The molecule has 8 nitrogen and oxygen atoms in total. The highest BCUT2D eigenvalue weighted by Gasteiger charge is 2.23. The number of amides is 1. The first-order valence-electron chi connectivity index (χ1n) is 9.59. The number of hydrogen-bond acceptors (Lipinski definition) is 7. The van der Waals surface area contributed by atoms with Gasteiger partial charge in [0.1, 0.15) is 12.1 Å². The SMILES string of the molecule is Cn1cc(/C=C/C(=O)N2CCC[C@@H](Cc3cc(Nc4nccs4)ncn3)C2)cn1. The molecule has 0 aliphatic carbocycles. The predicted octanol–water partition coefficient (Wildman–Crippen LogP) is 2.90. The normalized spacial score (nSPS) is 17.0. The van der Waals surface area contributed by atoms with Crippen LogP contribution in [-0.4, -0.2) is 48.6 Å². The summed E-state index contributed by atoms with van der Waals surface area (Å²) in [6, 6.07) is 1.96. The van der Waals surface area contributed by atoms with Crippen LogP contribution >= 0.6 is 11.3 Å². The molecule has 4 heterocycles. The Balaban J connectivity index is 1.35. The van der Waals surface area contributed by atoms with Gasteiger partial charge in [-0.15, -0.1) is 11.3 Å². The Bertz CT molecular complexity index is 982. The van der Waals surface area contributed by atoms with E-state index < -0.39 is 0 Å². The van der Waals surface area contributed by atoms with Crippen LogP contribution in [0.3, 0.4) is 0 Å². The number of carbonyl (C=O) groups excluding carboxylic acids is 1. The third kappa shape index (κ3) is 5.26. The van der Waals surface area contributed by atoms with Crippen molar-refractivity contribution in [2.75, 3.05) is 18.4 Å². The van der Waals surface area contributed by atoms with Crippen LogP contribution in [0.5, 0.6) is 0 Å². The molecular formula is C20H23N7OS. The topological polar surface area (TPSA) is 88.8 Å². The fraction of sp³-hybridized carbons (Fsp3) is 0.350. The van der Waals surface area contributed by atoms with Gasteiger partial charge in [-0.2, -0.15) is 5.10 Å². The summed E-state index contributed by atoms with van der Waals surface area (Å²) in [6.07, 6.45) is 13.3. The molecule has 3 aromatic heterocycles. The number of thiazole rings is 1. The van der Waals surface area contributed by atoms with Gasteiger partial charge in [-0.1, -0.05) is 0 Å². The molecule has 0 radical (unpaired) electrons. The lowest BCUT2D eigenvalue weighted by molar-refractivity contribution is -0.127. The highest BCUT2D eigenvalue weighted by molar-refractivity contribution is 7.13. The van der Waals surface area contributed by atoms with Crippen LogP contribution < -0.4 is 5.32 Å². The highest BCUT2D eigenvalue weighted by atomic mass is 32.1. The molecule has 150 valence electrons. The van der Waals surface area contributed by atoms with Crippen LogP contribution in [0, 0.1) is 5.92 Å². The first kappa shape index (κ1) is 19.3. The van der Waals surface area contributed by atoms with Gasteiger partial charge < -0.3 is 10.2 Å². The van der Waals surface area contributed by atoms with Gasteiger partial charge in [0.25, 0.3) is 0 Å². The summed E-state index contributed by atoms with van der Waals surface area (Å²) in [5, 5.41) is 10.0. The zero-order valence-corrected chi connectivity index (χ0v) is 17.0. The molecule has 1 aliphatic heterocycles. The molecule has 4 rings (SSSR count). The van der Waals surface area contributed by atoms with E-state index in [1.54, 1.807) is 29.5 Å². The summed E-state index contributed by atoms with van der Waals surface area (Å²) >= 11 is 1.53. The van der Waals surface area contributed by atoms with E-state index in [2.05, 4.69) is 25.4 Å². The molecule has 1 N–H and O–H groups in total. The van der Waals surface area contributed by atoms with Gasteiger partial charge in [-0.05, 0) is 31.3 Å². The largest absolute Gasteiger partial charge is 0.339 e. The minimum atomic E-state index is 0.0485. The summed E-state index contributed by atoms with van der Waals surface area (Å²) < 4.78 is 1.72. The Morgan fingerprint density at radius 2 is 2.31 bits per heavy atom. The number of rotatable bonds is 6. The van der Waals surface area contributed by atoms with Gasteiger partial charge in [-0.3, -0.25) is 9.48 Å². The second-order valence-electron chi connectivity index (χ2n) is 7.13. The van der Waals surface area contributed by atoms with Crippen LogP contribution in [0.15, 0.2) is 42.4 Å². The molecule has 0 spiro atoms. The number of carbonyl (C=O) groups is 1. The summed E-state index contributed by atoms with van der Waals surface area (Å²) in [5.41, 5.74) is 1.90. The van der Waals surface area contributed by atoms with E-state index in [9.17, 15) is 4.79 Å². The van der Waals surface area contributed by atoms with Gasteiger partial charge in [-0.25, -0.2) is 15.0 Å². The minimum Gasteiger partial charge on any atom is -0.339 e. The molecule has 1 fully saturated rings. The van der Waals surface area contributed by atoms with Crippen molar-refractivity contribution in [2.24, 2.45) is 13.0 Å². The highest BCUT2D eigenvalue weighted by Crippen LogP contribution is 2.22. The number of nitrogens with zero attached hydrogens (tertiary/aromatic N) is 6. The second-order valence-corrected chi connectivity index (χ2v) is 8.03. The standard InChI is InChI=1S/C20H23N7OS/c1-26-12-16(11-24-26)4-5-19(28)27-7-2-3-15(13-27)9-17-10-18(23-14-22-17)25-20-21-6-8-29-20/h4-6,8,10-12,14-15H,2-3,7,9,13H2,1H3,(H,21,22,23,25)/b5-4+/t15-/m0/s1. The fourth-order valence-electron chi connectivity index (χ4n) is 3.50. The molecule has 1 amide bonds. The van der Waals surface area contributed by atoms with E-state index in [0.717, 1.165) is 54.6 Å². The summed E-state index contributed by atoms with van der Waals surface area (Å²) in [6.45, 7) is 1.54. The Labute approximate surface area is 173 Å². The average molecular weight is 410 g/mol. The van der Waals surface area contributed by atoms with E-state index in [0.29, 0.717) is 5.92 Å². The van der Waals surface area contributed by atoms with Crippen LogP contribution in [0.4, 0.5) is 10.9 Å². The molecule has 0 unspecified atom stereocenters. The van der Waals surface area contributed by atoms with Crippen molar-refractivity contribution >= 4 is 34.3 Å². The number of aromatic nitrogens is 5. The minimum absolute atomic E-state index is 0.0485. The number of anilines is 2. The molecule has 3 aromatic rings. The zero-order chi connectivity index (χ0) is 20.1. The Morgan fingerprint density at radius 3 is 3.10 bits per heavy atom. The molecule has 1 aliphatic rings. The van der Waals surface area contributed by atoms with E-state index in [4.69, 9.17) is 0 Å². The van der Waals surface area contributed by atoms with E-state index in [-0.39, 0.29) is 5.91 Å². The zero-order valence-electron chi connectivity index (χ0n) is 16.2. The van der Waals surface area contributed by atoms with Crippen molar-refractivity contribution in [3.8, 4) is 0 Å². The molecule has 1 atom stereocenters. The summed E-state index contributed by atoms with van der Waals surface area (Å²) in [4.78, 5) is 27.4. The van der Waals surface area contributed by atoms with Crippen LogP contribution in [0.1, 0.15) is 24.1 Å². The van der Waals surface area contributed by atoms with E-state index >= 15 is 0 Å². The maximum absolute atomic E-state index is 12.6. The molecule has 0 saturated carbocycles. The van der Waals surface area contributed by atoms with Crippen molar-refractivity contribution in [1.82, 2.24) is 29.6 Å². The molecular weight excluding hydrogens is 386 g/mol. The Morgan fingerprint density at radius 1 is 1.38 bits per heavy atom. The van der Waals surface area contributed by atoms with Gasteiger partial charge in [0.15, 0.2) is 5.13 Å². The number of aryl methyl sites for hydroxylation is 1. The van der Waals surface area contributed by atoms with E-state index in [1.807, 2.05) is 35.7 Å². The number of likely N-dealkylation sites (tertiary alicyclic amines) is 1. The first-order chi connectivity index (χ1) is 14.2. The van der Waals surface area contributed by atoms with Gasteiger partial charge in [0.2, 0.25) is 5.91 Å². The van der Waals surface area contributed by atoms with Crippen LogP contribution in [0.25, 0.3) is 6.08 Å². The molecule has 0 bridgehead atoms. The lowest BCUT2D eigenvalue weighted by Crippen LogP contribution is -2.39. The second kappa shape index (κ2) is 8.95. The quantitative estimate of drug-likeness (QED) is 0.630. The predicted molar refractivity (Wildman–Crippen MR) is 113 cm³/mol. The van der Waals surface area contributed by atoms with Crippen molar-refractivity contribution in [3.63, 3.8) is 0 Å². The monoisotopic (exact) mass is 409 g/mol. The van der Waals surface area contributed by atoms with Crippen LogP contribution in [-0.2, 0) is 18.3 Å². The number of hydrogen-bond donors (Lipinski definition) is 1. The first-order valence-corrected chi connectivity index (χ1v) is 10.5. The van der Waals surface area contributed by atoms with Crippen LogP contribution in [0.2, 0.25) is 0 Å².